The smallest absolute Gasteiger partial charge is 0.307 e. The minimum Gasteiger partial charge on any atom is -0.466 e. The summed E-state index contributed by atoms with van der Waals surface area (Å²) in [5.41, 5.74) is 4.32. The Balaban J connectivity index is 1.28. The van der Waals surface area contributed by atoms with Crippen LogP contribution in [0.3, 0.4) is 0 Å². The van der Waals surface area contributed by atoms with Gasteiger partial charge in [0.15, 0.2) is 0 Å². The van der Waals surface area contributed by atoms with Gasteiger partial charge in [-0.3, -0.25) is 14.5 Å². The number of imidazole rings is 1. The van der Waals surface area contributed by atoms with Crippen LogP contribution in [0.25, 0.3) is 22.4 Å². The molecule has 40 heavy (non-hydrogen) atoms. The molecule has 10 nitrogen and oxygen atoms in total. The van der Waals surface area contributed by atoms with E-state index in [1.54, 1.807) is 37.4 Å². The second kappa shape index (κ2) is 12.3. The minimum atomic E-state index is -0.357. The molecule has 5 aromatic rings. The van der Waals surface area contributed by atoms with Crippen LogP contribution in [0.5, 0.6) is 0 Å². The lowest BCUT2D eigenvalue weighted by molar-refractivity contribution is -0.142. The Bertz CT molecular complexity index is 1580. The third-order valence-corrected chi connectivity index (χ3v) is 6.68. The summed E-state index contributed by atoms with van der Waals surface area (Å²) in [6.07, 6.45) is 5.63. The Hall–Kier alpha value is -4.86. The van der Waals surface area contributed by atoms with Gasteiger partial charge in [-0.1, -0.05) is 35.5 Å². The fourth-order valence-electron chi connectivity index (χ4n) is 4.60. The number of esters is 1. The molecule has 5 rings (SSSR count). The first-order valence-corrected chi connectivity index (χ1v) is 13.2. The summed E-state index contributed by atoms with van der Waals surface area (Å²) in [6.45, 7) is 2.21. The molecule has 0 aliphatic carbocycles. The molecule has 0 saturated carbocycles. The van der Waals surface area contributed by atoms with Gasteiger partial charge in [0, 0.05) is 37.3 Å². The van der Waals surface area contributed by atoms with E-state index in [2.05, 4.69) is 31.8 Å². The highest BCUT2D eigenvalue weighted by Crippen LogP contribution is 2.22. The molecular formula is C30H30N6O4. The van der Waals surface area contributed by atoms with E-state index in [9.17, 15) is 9.59 Å². The molecule has 0 spiro atoms. The third kappa shape index (κ3) is 6.06. The molecule has 1 amide bonds. The van der Waals surface area contributed by atoms with Crippen molar-refractivity contribution in [3.8, 4) is 11.4 Å². The Morgan fingerprint density at radius 3 is 2.60 bits per heavy atom. The number of pyridine rings is 1. The number of carbonyl (C=O) groups excluding carboxylic acids is 2. The molecule has 3 aromatic heterocycles. The maximum absolute atomic E-state index is 13.6. The lowest BCUT2D eigenvalue weighted by Gasteiger charge is -2.21. The number of aromatic nitrogens is 5. The average molecular weight is 539 g/mol. The molecule has 0 fully saturated rings. The van der Waals surface area contributed by atoms with E-state index in [-0.39, 0.29) is 24.8 Å². The third-order valence-electron chi connectivity index (χ3n) is 6.68. The minimum absolute atomic E-state index is 0.0754. The van der Waals surface area contributed by atoms with Gasteiger partial charge in [-0.05, 0) is 55.7 Å². The fourth-order valence-corrected chi connectivity index (χ4v) is 4.60. The van der Waals surface area contributed by atoms with Crippen LogP contribution < -0.4 is 4.90 Å². The van der Waals surface area contributed by atoms with Crippen molar-refractivity contribution in [3.63, 3.8) is 0 Å². The Kier molecular flexibility index (Phi) is 8.24. The SMILES string of the molecule is CCOC(=O)CCN(C(=O)c1ccc2c(c1)nc(CCCc1ccc(-c3ncon3)cc1)n2C)c1ccccn1. The molecule has 0 N–H and O–H groups in total. The average Bonchev–Trinajstić information content (AvgIpc) is 3.62. The van der Waals surface area contributed by atoms with Crippen LogP contribution in [0.2, 0.25) is 0 Å². The topological polar surface area (TPSA) is 116 Å². The van der Waals surface area contributed by atoms with E-state index in [0.717, 1.165) is 41.7 Å². The lowest BCUT2D eigenvalue weighted by atomic mass is 10.1. The van der Waals surface area contributed by atoms with Crippen LogP contribution in [0.15, 0.2) is 77.8 Å². The Morgan fingerprint density at radius 1 is 1.02 bits per heavy atom. The second-order valence-electron chi connectivity index (χ2n) is 9.30. The molecule has 0 unspecified atom stereocenters. The molecular weight excluding hydrogens is 508 g/mol. The standard InChI is InChI=1S/C30H30N6O4/c1-3-39-28(37)16-18-36(26-8-4-5-17-31-26)30(38)23-14-15-25-24(19-23)33-27(35(25)2)9-6-7-21-10-12-22(13-11-21)29-32-20-40-34-29/h4-5,8,10-15,17,19-20H,3,6-7,9,16,18H2,1-2H3. The molecule has 0 bridgehead atoms. The molecule has 0 aliphatic rings. The van der Waals surface area contributed by atoms with Gasteiger partial charge >= 0.3 is 5.97 Å². The van der Waals surface area contributed by atoms with Crippen molar-refractivity contribution in [2.75, 3.05) is 18.1 Å². The van der Waals surface area contributed by atoms with E-state index in [1.807, 2.05) is 31.3 Å². The quantitative estimate of drug-likeness (QED) is 0.220. The molecule has 10 heteroatoms. The van der Waals surface area contributed by atoms with Crippen molar-refractivity contribution < 1.29 is 18.8 Å². The molecule has 0 radical (unpaired) electrons. The molecule has 2 aromatic carbocycles. The highest BCUT2D eigenvalue weighted by atomic mass is 16.5. The zero-order valence-electron chi connectivity index (χ0n) is 22.5. The predicted molar refractivity (Wildman–Crippen MR) is 150 cm³/mol. The highest BCUT2D eigenvalue weighted by Gasteiger charge is 2.21. The van der Waals surface area contributed by atoms with Gasteiger partial charge in [-0.25, -0.2) is 9.97 Å². The number of hydrogen-bond donors (Lipinski definition) is 0. The Morgan fingerprint density at radius 2 is 1.88 bits per heavy atom. The first-order chi connectivity index (χ1) is 19.5. The number of amides is 1. The molecule has 204 valence electrons. The predicted octanol–water partition coefficient (Wildman–Crippen LogP) is 4.79. The largest absolute Gasteiger partial charge is 0.466 e. The normalized spacial score (nSPS) is 11.1. The van der Waals surface area contributed by atoms with E-state index >= 15 is 0 Å². The summed E-state index contributed by atoms with van der Waals surface area (Å²) in [6, 6.07) is 19.0. The molecule has 0 saturated heterocycles. The lowest BCUT2D eigenvalue weighted by Crippen LogP contribution is -2.34. The van der Waals surface area contributed by atoms with E-state index in [0.29, 0.717) is 23.8 Å². The molecule has 0 atom stereocenters. The summed E-state index contributed by atoms with van der Waals surface area (Å²) in [7, 11) is 1.99. The summed E-state index contributed by atoms with van der Waals surface area (Å²) in [4.78, 5) is 40.3. The van der Waals surface area contributed by atoms with Gasteiger partial charge in [0.25, 0.3) is 5.91 Å². The van der Waals surface area contributed by atoms with E-state index in [4.69, 9.17) is 14.2 Å². The molecule has 3 heterocycles. The summed E-state index contributed by atoms with van der Waals surface area (Å²) in [5.74, 6) is 1.40. The van der Waals surface area contributed by atoms with E-state index < -0.39 is 0 Å². The number of hydrogen-bond acceptors (Lipinski definition) is 8. The first kappa shape index (κ1) is 26.7. The van der Waals surface area contributed by atoms with E-state index in [1.165, 1.54) is 16.9 Å². The number of fused-ring (bicyclic) bond motifs is 1. The molecule has 0 aliphatic heterocycles. The van der Waals surface area contributed by atoms with Crippen molar-refractivity contribution in [2.24, 2.45) is 7.05 Å². The highest BCUT2D eigenvalue weighted by molar-refractivity contribution is 6.07. The van der Waals surface area contributed by atoms with Crippen molar-refractivity contribution >= 4 is 28.7 Å². The number of rotatable bonds is 11. The van der Waals surface area contributed by atoms with Crippen molar-refractivity contribution in [3.05, 3.63) is 90.2 Å². The van der Waals surface area contributed by atoms with Crippen LogP contribution in [0, 0.1) is 0 Å². The van der Waals surface area contributed by atoms with Crippen LogP contribution >= 0.6 is 0 Å². The number of aryl methyl sites for hydroxylation is 3. The zero-order valence-corrected chi connectivity index (χ0v) is 22.5. The zero-order chi connectivity index (χ0) is 27.9. The number of nitrogens with zero attached hydrogens (tertiary/aromatic N) is 6. The van der Waals surface area contributed by atoms with Gasteiger partial charge in [0.2, 0.25) is 12.2 Å². The van der Waals surface area contributed by atoms with Crippen molar-refractivity contribution in [2.45, 2.75) is 32.6 Å². The maximum Gasteiger partial charge on any atom is 0.307 e. The van der Waals surface area contributed by atoms with Crippen LogP contribution in [0.1, 0.15) is 41.5 Å². The van der Waals surface area contributed by atoms with Gasteiger partial charge < -0.3 is 13.8 Å². The summed E-state index contributed by atoms with van der Waals surface area (Å²) < 4.78 is 11.9. The van der Waals surface area contributed by atoms with Crippen LogP contribution in [-0.4, -0.2) is 49.7 Å². The van der Waals surface area contributed by atoms with Gasteiger partial charge in [0.05, 0.1) is 24.1 Å². The summed E-state index contributed by atoms with van der Waals surface area (Å²) >= 11 is 0. The second-order valence-corrected chi connectivity index (χ2v) is 9.30. The first-order valence-electron chi connectivity index (χ1n) is 13.2. The monoisotopic (exact) mass is 538 g/mol. The van der Waals surface area contributed by atoms with Crippen molar-refractivity contribution in [1.82, 2.24) is 24.7 Å². The van der Waals surface area contributed by atoms with Gasteiger partial charge in [-0.2, -0.15) is 4.98 Å². The number of ether oxygens (including phenoxy) is 1. The van der Waals surface area contributed by atoms with Gasteiger partial charge in [0.1, 0.15) is 11.6 Å². The fraction of sp³-hybridized carbons (Fsp3) is 0.267. The van der Waals surface area contributed by atoms with Crippen LogP contribution in [0.4, 0.5) is 5.82 Å². The maximum atomic E-state index is 13.6. The van der Waals surface area contributed by atoms with Gasteiger partial charge in [-0.15, -0.1) is 0 Å². The number of benzene rings is 2. The number of carbonyl (C=O) groups is 2. The Labute approximate surface area is 231 Å². The van der Waals surface area contributed by atoms with Crippen LogP contribution in [-0.2, 0) is 29.4 Å². The number of anilines is 1. The van der Waals surface area contributed by atoms with Crippen molar-refractivity contribution in [1.29, 1.82) is 0 Å². The summed E-state index contributed by atoms with van der Waals surface area (Å²) in [5, 5.41) is 3.87.